The van der Waals surface area contributed by atoms with Crippen LogP contribution < -0.4 is 5.32 Å². The van der Waals surface area contributed by atoms with Crippen LogP contribution in [0.5, 0.6) is 0 Å². The van der Waals surface area contributed by atoms with E-state index in [0.717, 1.165) is 34.5 Å². The molecule has 0 saturated carbocycles. The van der Waals surface area contributed by atoms with Crippen LogP contribution in [-0.4, -0.2) is 19.4 Å². The minimum Gasteiger partial charge on any atom is -0.319 e. The van der Waals surface area contributed by atoms with Gasteiger partial charge in [0, 0.05) is 16.0 Å². The van der Waals surface area contributed by atoms with Gasteiger partial charge in [-0.2, -0.15) is 0 Å². The standard InChI is InChI=1S/C15H17NOS/c1-11-13(8-10-18-11)15(17)14-6-4-3-5-12(14)7-9-16-2/h3-6,8,10,16H,7,9H2,1-2H3. The quantitative estimate of drug-likeness (QED) is 0.836. The van der Waals surface area contributed by atoms with Crippen molar-refractivity contribution in [3.8, 4) is 0 Å². The summed E-state index contributed by atoms with van der Waals surface area (Å²) in [6.45, 7) is 2.88. The summed E-state index contributed by atoms with van der Waals surface area (Å²) in [6, 6.07) is 9.79. The van der Waals surface area contributed by atoms with Crippen LogP contribution in [0.4, 0.5) is 0 Å². The normalized spacial score (nSPS) is 10.6. The van der Waals surface area contributed by atoms with Crippen molar-refractivity contribution in [3.63, 3.8) is 0 Å². The van der Waals surface area contributed by atoms with Crippen molar-refractivity contribution in [2.75, 3.05) is 13.6 Å². The van der Waals surface area contributed by atoms with Crippen LogP contribution in [-0.2, 0) is 6.42 Å². The van der Waals surface area contributed by atoms with Gasteiger partial charge < -0.3 is 5.32 Å². The zero-order chi connectivity index (χ0) is 13.0. The highest BCUT2D eigenvalue weighted by Crippen LogP contribution is 2.21. The summed E-state index contributed by atoms with van der Waals surface area (Å²) in [5.41, 5.74) is 2.77. The molecule has 0 unspecified atom stereocenters. The van der Waals surface area contributed by atoms with Crippen molar-refractivity contribution in [1.29, 1.82) is 0 Å². The number of ketones is 1. The van der Waals surface area contributed by atoms with E-state index in [9.17, 15) is 4.79 Å². The molecule has 1 aromatic carbocycles. The van der Waals surface area contributed by atoms with Gasteiger partial charge in [-0.3, -0.25) is 4.79 Å². The Kier molecular flexibility index (Phi) is 4.28. The monoisotopic (exact) mass is 259 g/mol. The summed E-state index contributed by atoms with van der Waals surface area (Å²) >= 11 is 1.62. The fourth-order valence-corrected chi connectivity index (χ4v) is 2.68. The van der Waals surface area contributed by atoms with Crippen molar-refractivity contribution < 1.29 is 4.79 Å². The van der Waals surface area contributed by atoms with Gasteiger partial charge in [-0.1, -0.05) is 24.3 Å². The van der Waals surface area contributed by atoms with E-state index in [-0.39, 0.29) is 5.78 Å². The van der Waals surface area contributed by atoms with Crippen molar-refractivity contribution in [2.45, 2.75) is 13.3 Å². The number of hydrogen-bond acceptors (Lipinski definition) is 3. The van der Waals surface area contributed by atoms with Gasteiger partial charge in [0.05, 0.1) is 0 Å². The van der Waals surface area contributed by atoms with E-state index in [1.807, 2.05) is 49.7 Å². The molecule has 3 heteroatoms. The molecule has 0 aliphatic carbocycles. The average molecular weight is 259 g/mol. The molecule has 1 heterocycles. The van der Waals surface area contributed by atoms with Gasteiger partial charge in [-0.15, -0.1) is 11.3 Å². The zero-order valence-electron chi connectivity index (χ0n) is 10.7. The van der Waals surface area contributed by atoms with Crippen molar-refractivity contribution in [2.24, 2.45) is 0 Å². The van der Waals surface area contributed by atoms with Crippen LogP contribution in [0.2, 0.25) is 0 Å². The molecule has 0 atom stereocenters. The number of likely N-dealkylation sites (N-methyl/N-ethyl adjacent to an activating group) is 1. The topological polar surface area (TPSA) is 29.1 Å². The molecule has 0 saturated heterocycles. The summed E-state index contributed by atoms with van der Waals surface area (Å²) in [6.07, 6.45) is 0.877. The minimum absolute atomic E-state index is 0.139. The van der Waals surface area contributed by atoms with Gasteiger partial charge in [-0.25, -0.2) is 0 Å². The van der Waals surface area contributed by atoms with Crippen LogP contribution in [0.1, 0.15) is 26.4 Å². The van der Waals surface area contributed by atoms with Crippen LogP contribution in [0.25, 0.3) is 0 Å². The number of hydrogen-bond donors (Lipinski definition) is 1. The highest BCUT2D eigenvalue weighted by atomic mass is 32.1. The molecule has 0 radical (unpaired) electrons. The third kappa shape index (κ3) is 2.68. The van der Waals surface area contributed by atoms with Gasteiger partial charge in [0.15, 0.2) is 5.78 Å². The molecular formula is C15H17NOS. The van der Waals surface area contributed by atoms with E-state index in [0.29, 0.717) is 0 Å². The first-order valence-electron chi connectivity index (χ1n) is 6.05. The maximum absolute atomic E-state index is 12.5. The van der Waals surface area contributed by atoms with Crippen LogP contribution in [0.3, 0.4) is 0 Å². The van der Waals surface area contributed by atoms with E-state index in [1.54, 1.807) is 11.3 Å². The number of rotatable bonds is 5. The molecule has 0 spiro atoms. The second kappa shape index (κ2) is 5.94. The van der Waals surface area contributed by atoms with Gasteiger partial charge in [0.1, 0.15) is 0 Å². The SMILES string of the molecule is CNCCc1ccccc1C(=O)c1ccsc1C. The summed E-state index contributed by atoms with van der Waals surface area (Å²) in [5.74, 6) is 0.139. The molecule has 0 aliphatic rings. The van der Waals surface area contributed by atoms with Crippen LogP contribution in [0.15, 0.2) is 35.7 Å². The lowest BCUT2D eigenvalue weighted by molar-refractivity contribution is 0.103. The number of aryl methyl sites for hydroxylation is 1. The second-order valence-electron chi connectivity index (χ2n) is 4.23. The van der Waals surface area contributed by atoms with Gasteiger partial charge in [0.2, 0.25) is 0 Å². The smallest absolute Gasteiger partial charge is 0.194 e. The minimum atomic E-state index is 0.139. The Bertz CT molecular complexity index is 545. The zero-order valence-corrected chi connectivity index (χ0v) is 11.5. The maximum atomic E-state index is 12.5. The lowest BCUT2D eigenvalue weighted by Crippen LogP contribution is -2.13. The average Bonchev–Trinajstić information content (AvgIpc) is 2.82. The van der Waals surface area contributed by atoms with Crippen molar-refractivity contribution >= 4 is 17.1 Å². The third-order valence-corrected chi connectivity index (χ3v) is 3.86. The molecule has 94 valence electrons. The van der Waals surface area contributed by atoms with Gasteiger partial charge >= 0.3 is 0 Å². The van der Waals surface area contributed by atoms with Crippen molar-refractivity contribution in [1.82, 2.24) is 5.32 Å². The lowest BCUT2D eigenvalue weighted by atomic mass is 9.97. The highest BCUT2D eigenvalue weighted by Gasteiger charge is 2.15. The number of carbonyl (C=O) groups is 1. The van der Waals surface area contributed by atoms with Crippen molar-refractivity contribution in [3.05, 3.63) is 57.3 Å². The van der Waals surface area contributed by atoms with Gasteiger partial charge in [-0.05, 0) is 43.9 Å². The first-order chi connectivity index (χ1) is 8.74. The fourth-order valence-electron chi connectivity index (χ4n) is 1.99. The Hall–Kier alpha value is -1.45. The van der Waals surface area contributed by atoms with E-state index in [1.165, 1.54) is 0 Å². The predicted molar refractivity (Wildman–Crippen MR) is 76.6 cm³/mol. The second-order valence-corrected chi connectivity index (χ2v) is 5.35. The van der Waals surface area contributed by atoms with Crippen LogP contribution in [0, 0.1) is 6.92 Å². The summed E-state index contributed by atoms with van der Waals surface area (Å²) < 4.78 is 0. The molecule has 0 aliphatic heterocycles. The van der Waals surface area contributed by atoms with Crippen LogP contribution >= 0.6 is 11.3 Å². The van der Waals surface area contributed by atoms with E-state index >= 15 is 0 Å². The molecule has 0 amide bonds. The number of nitrogens with one attached hydrogen (secondary N) is 1. The first-order valence-corrected chi connectivity index (χ1v) is 6.93. The molecule has 18 heavy (non-hydrogen) atoms. The molecule has 1 N–H and O–H groups in total. The molecule has 2 aromatic rings. The predicted octanol–water partition coefficient (Wildman–Crippen LogP) is 3.05. The Balaban J connectivity index is 2.33. The van der Waals surface area contributed by atoms with E-state index in [2.05, 4.69) is 5.32 Å². The number of thiophene rings is 1. The number of benzene rings is 1. The Morgan fingerprint density at radius 1 is 1.22 bits per heavy atom. The first kappa shape index (κ1) is 13.0. The molecule has 2 rings (SSSR count). The molecule has 2 nitrogen and oxygen atoms in total. The summed E-state index contributed by atoms with van der Waals surface area (Å²) in [7, 11) is 1.92. The summed E-state index contributed by atoms with van der Waals surface area (Å²) in [4.78, 5) is 13.6. The Morgan fingerprint density at radius 2 is 2.00 bits per heavy atom. The fraction of sp³-hybridized carbons (Fsp3) is 0.267. The molecule has 0 bridgehead atoms. The molecule has 1 aromatic heterocycles. The van der Waals surface area contributed by atoms with E-state index in [4.69, 9.17) is 0 Å². The van der Waals surface area contributed by atoms with E-state index < -0.39 is 0 Å². The Morgan fingerprint density at radius 3 is 2.67 bits per heavy atom. The summed E-state index contributed by atoms with van der Waals surface area (Å²) in [5, 5.41) is 5.09. The largest absolute Gasteiger partial charge is 0.319 e. The third-order valence-electron chi connectivity index (χ3n) is 3.01. The Labute approximate surface area is 112 Å². The molecular weight excluding hydrogens is 242 g/mol. The lowest BCUT2D eigenvalue weighted by Gasteiger charge is -2.08. The van der Waals surface area contributed by atoms with Gasteiger partial charge in [0.25, 0.3) is 0 Å². The molecule has 0 fully saturated rings. The number of carbonyl (C=O) groups excluding carboxylic acids is 1. The highest BCUT2D eigenvalue weighted by molar-refractivity contribution is 7.10. The maximum Gasteiger partial charge on any atom is 0.194 e.